The Hall–Kier alpha value is -3.76. The summed E-state index contributed by atoms with van der Waals surface area (Å²) in [5.41, 5.74) is 10.2. The molecule has 8 aromatic carbocycles. The molecule has 816 valence electrons. The molecule has 0 fully saturated rings. The first-order valence-electron chi connectivity index (χ1n) is 57.4. The largest absolute Gasteiger partial charge is 0.331 e. The normalized spacial score (nSPS) is 12.4. The highest BCUT2D eigenvalue weighted by Crippen LogP contribution is 2.25. The first kappa shape index (κ1) is 138. The van der Waals surface area contributed by atoms with Crippen LogP contribution in [-0.4, -0.2) is 317 Å². The number of rotatable bonds is 72. The van der Waals surface area contributed by atoms with Crippen LogP contribution in [-0.2, 0) is 42.9 Å². The lowest BCUT2D eigenvalue weighted by atomic mass is 10.2. The third-order valence-corrected chi connectivity index (χ3v) is 36.8. The summed E-state index contributed by atoms with van der Waals surface area (Å²) in [5.74, 6) is 18.7. The molecule has 0 amide bonds. The molecule has 0 aliphatic rings. The van der Waals surface area contributed by atoms with Crippen LogP contribution in [0.3, 0.4) is 0 Å². The Morgan fingerprint density at radius 2 is 0.354 bits per heavy atom. The van der Waals surface area contributed by atoms with Crippen LogP contribution in [0, 0.1) is 0 Å². The van der Waals surface area contributed by atoms with E-state index in [1.807, 2.05) is 11.8 Å². The van der Waals surface area contributed by atoms with Crippen LogP contribution in [0.15, 0.2) is 248 Å². The fourth-order valence-corrected chi connectivity index (χ4v) is 27.2. The maximum atomic E-state index is 2.37. The Labute approximate surface area is 928 Å². The molecule has 0 saturated heterocycles. The number of benzene rings is 8. The molecule has 0 saturated carbocycles. The predicted octanol–water partition coefficient (Wildman–Crippen LogP) is 32.3. The van der Waals surface area contributed by atoms with Crippen molar-refractivity contribution in [3.8, 4) is 0 Å². The maximum absolute atomic E-state index is 2.37. The number of hydrogen-bond acceptors (Lipinski definition) is 8. The van der Waals surface area contributed by atoms with Gasteiger partial charge in [-0.3, -0.25) is 0 Å². The summed E-state index contributed by atoms with van der Waals surface area (Å²) in [4.78, 5) is 1.38. The Kier molecular flexibility index (Phi) is 86.1. The fraction of sp³-hybridized carbons (Fsp3) is 0.625. The van der Waals surface area contributed by atoms with Crippen LogP contribution in [0.2, 0.25) is 0 Å². The van der Waals surface area contributed by atoms with Crippen LogP contribution >= 0.6 is 94.1 Å². The first-order chi connectivity index (χ1) is 69.7. The average Bonchev–Trinajstić information content (AvgIpc) is 0.891. The molecule has 0 aliphatic carbocycles. The van der Waals surface area contributed by atoms with Crippen molar-refractivity contribution in [1.82, 2.24) is 0 Å². The second kappa shape index (κ2) is 89.7. The molecule has 8 nitrogen and oxygen atoms in total. The quantitative estimate of drug-likeness (QED) is 0.0207. The van der Waals surface area contributed by atoms with Gasteiger partial charge < -0.3 is 35.9 Å². The van der Waals surface area contributed by atoms with Gasteiger partial charge in [0.1, 0.15) is 0 Å². The Morgan fingerprint density at radius 3 is 0.562 bits per heavy atom. The lowest BCUT2D eigenvalue weighted by molar-refractivity contribution is -0.924. The van der Waals surface area contributed by atoms with Crippen LogP contribution < -0.4 is 0 Å². The van der Waals surface area contributed by atoms with Gasteiger partial charge in [-0.2, -0.15) is 82.3 Å². The summed E-state index contributed by atoms with van der Waals surface area (Å²) in [7, 11) is 13.5. The molecule has 0 N–H and O–H groups in total. The zero-order valence-corrected chi connectivity index (χ0v) is 104. The molecule has 144 heavy (non-hydrogen) atoms. The van der Waals surface area contributed by atoms with Crippen LogP contribution in [0.4, 0.5) is 0 Å². The molecule has 0 bridgehead atoms. The van der Waals surface area contributed by atoms with E-state index in [0.29, 0.717) is 0 Å². The van der Waals surface area contributed by atoms with Gasteiger partial charge in [0.25, 0.3) is 0 Å². The summed E-state index contributed by atoms with van der Waals surface area (Å²) in [5, 5.41) is 0. The van der Waals surface area contributed by atoms with E-state index in [0.717, 1.165) is 26.2 Å². The van der Waals surface area contributed by atoms with Gasteiger partial charge in [-0.1, -0.05) is 299 Å². The van der Waals surface area contributed by atoms with E-state index in [4.69, 9.17) is 0 Å². The Bertz CT molecular complexity index is 4010. The van der Waals surface area contributed by atoms with Gasteiger partial charge in [0, 0.05) is 74.6 Å². The molecule has 0 spiro atoms. The summed E-state index contributed by atoms with van der Waals surface area (Å²) in [6.07, 6.45) is 19.3. The lowest BCUT2D eigenvalue weighted by Crippen LogP contribution is -2.50. The molecule has 0 aromatic heterocycles. The van der Waals surface area contributed by atoms with Crippen molar-refractivity contribution >= 4 is 94.1 Å². The summed E-state index contributed by atoms with van der Waals surface area (Å²) < 4.78 is 9.97. The van der Waals surface area contributed by atoms with Crippen molar-refractivity contribution in [2.24, 2.45) is 0 Å². The zero-order valence-electron chi connectivity index (χ0n) is 97.5. The van der Waals surface area contributed by atoms with Gasteiger partial charge in [0.15, 0.2) is 0 Å². The Morgan fingerprint density at radius 1 is 0.160 bits per heavy atom. The van der Waals surface area contributed by atoms with Gasteiger partial charge in [0.05, 0.1) is 212 Å². The monoisotopic (exact) mass is 2130 g/mol. The SMILES string of the molecule is CCCC[N+](CC)(CCC)CCSCCc1ccccc1.CCCC[N+](CC)(CCC)CCSCc1ccccc1.CCC[N+](CC)(CCC)CCSCCc1ccccc1.CCC[N+](CC)(CCC)CCSCc1ccccc1.CC[N+](CC)(CC)CCSCCc1ccccc1.CC[N+](CC)(CC)CCSCc1ccccc1.C[N+](C)(C)CCCSc1ccccc1.C[N+](C)(C)CCSCCc1ccccc1. The lowest BCUT2D eigenvalue weighted by Gasteiger charge is -2.38. The summed E-state index contributed by atoms with van der Waals surface area (Å²) in [6, 6.07) is 86.3. The first-order valence-corrected chi connectivity index (χ1v) is 66.5. The van der Waals surface area contributed by atoms with E-state index >= 15 is 0 Å². The number of unbranched alkanes of at least 4 members (excludes halogenated alkanes) is 2. The second-order valence-corrected chi connectivity index (χ2v) is 51.0. The minimum absolute atomic E-state index is 1.06. The van der Waals surface area contributed by atoms with Crippen molar-refractivity contribution in [2.45, 2.75) is 243 Å². The average molecular weight is 2130 g/mol. The van der Waals surface area contributed by atoms with Crippen molar-refractivity contribution in [1.29, 1.82) is 0 Å². The molecular formula is C128H224N8S8+8. The van der Waals surface area contributed by atoms with Crippen molar-refractivity contribution < 1.29 is 35.9 Å². The van der Waals surface area contributed by atoms with E-state index in [2.05, 4.69) is 492 Å². The number of thioether (sulfide) groups is 8. The van der Waals surface area contributed by atoms with E-state index in [1.165, 1.54) is 406 Å². The third kappa shape index (κ3) is 70.5. The minimum atomic E-state index is 1.06. The second-order valence-electron chi connectivity index (χ2n) is 41.6. The number of aryl methyl sites for hydroxylation is 4. The van der Waals surface area contributed by atoms with E-state index in [1.54, 1.807) is 0 Å². The van der Waals surface area contributed by atoms with Crippen molar-refractivity contribution in [3.63, 3.8) is 0 Å². The van der Waals surface area contributed by atoms with Gasteiger partial charge in [-0.15, -0.1) is 11.8 Å². The Balaban J connectivity index is 0.000000825. The van der Waals surface area contributed by atoms with E-state index in [-0.39, 0.29) is 0 Å². The minimum Gasteiger partial charge on any atom is -0.331 e. The van der Waals surface area contributed by atoms with Crippen LogP contribution in [0.1, 0.15) is 234 Å². The molecule has 0 aliphatic heterocycles. The van der Waals surface area contributed by atoms with Crippen molar-refractivity contribution in [2.75, 3.05) is 281 Å². The highest BCUT2D eigenvalue weighted by molar-refractivity contribution is 8.00. The van der Waals surface area contributed by atoms with Gasteiger partial charge in [-0.25, -0.2) is 0 Å². The molecule has 0 heterocycles. The van der Waals surface area contributed by atoms with Gasteiger partial charge in [-0.05, 0) is 220 Å². The highest BCUT2D eigenvalue weighted by atomic mass is 32.2. The fourth-order valence-electron chi connectivity index (χ4n) is 18.5. The standard InChI is InChI=1S/C19H34NS.2C18H32NS.C17H30NS.C16H28NS.C15H26NS.C13H22NS.C12H20NS/c1-4-7-15-20(6-3,14-5-2)16-18-21-17-13-19-11-9-8-10-12-19;1-4-13-19(6-3,14-5-2)15-17-20-16-12-18-10-8-7-9-11-18;1-4-7-14-19(6-3,13-5-2)15-16-20-17-18-11-9-8-10-12-18;1-4-12-18(6-3,13-5-2)14-15-19-16-17-10-8-7-9-11-17;1-4-17(5-2,6-3)13-15-18-14-12-16-10-8-7-9-11-16;1-4-16(5-2,6-3)12-13-17-14-15-10-8-7-9-11-15;1-14(2,3)10-12-15-11-9-13-7-5-4-6-8-13;1-13(2,3)10-7-11-14-12-8-5-4-6-9-12/h8-12H,4-7,13-18H2,1-3H3;7-11H,4-6,12-17H2,1-3H3;8-12H,4-7,13-17H2,1-3H3;7-11H,4-6,12-16H2,1-3H3;7-11H,4-6,12-15H2,1-3H3;7-11H,4-6,12-14H2,1-3H3;4-8H,9-12H2,1-3H3;4-6,8-9H,7,10-11H2,1-3H3/q8*+1. The topological polar surface area (TPSA) is 0 Å². The smallest absolute Gasteiger partial charge is 0.0878 e. The maximum Gasteiger partial charge on any atom is 0.0878 e. The number of hydrogen-bond donors (Lipinski definition) is 0. The molecule has 2 unspecified atom stereocenters. The van der Waals surface area contributed by atoms with Crippen LogP contribution in [0.5, 0.6) is 0 Å². The highest BCUT2D eigenvalue weighted by Gasteiger charge is 2.28. The number of quaternary nitrogens is 8. The van der Waals surface area contributed by atoms with E-state index in [9.17, 15) is 0 Å². The number of nitrogens with zero attached hydrogens (tertiary/aromatic N) is 8. The van der Waals surface area contributed by atoms with Crippen molar-refractivity contribution in [3.05, 3.63) is 282 Å². The molecular weight excluding hydrogens is 1910 g/mol. The molecule has 16 heteroatoms. The molecule has 2 atom stereocenters. The molecule has 8 aromatic rings. The zero-order chi connectivity index (χ0) is 106. The summed E-state index contributed by atoms with van der Waals surface area (Å²) in [6.45, 7) is 76.0. The summed E-state index contributed by atoms with van der Waals surface area (Å²) >= 11 is 16.6. The molecule has 0 radical (unpaired) electrons. The predicted molar refractivity (Wildman–Crippen MR) is 672 cm³/mol. The van der Waals surface area contributed by atoms with E-state index < -0.39 is 0 Å². The van der Waals surface area contributed by atoms with Gasteiger partial charge in [0.2, 0.25) is 0 Å². The van der Waals surface area contributed by atoms with Gasteiger partial charge >= 0.3 is 0 Å². The van der Waals surface area contributed by atoms with Crippen LogP contribution in [0.25, 0.3) is 0 Å². The molecule has 8 rings (SSSR count). The third-order valence-electron chi connectivity index (χ3n) is 28.9.